The Labute approximate surface area is 150 Å². The number of anilines is 2. The molecular formula is C19H20F3N3O. The van der Waals surface area contributed by atoms with Crippen molar-refractivity contribution in [3.05, 3.63) is 53.5 Å². The molecule has 2 aromatic rings. The summed E-state index contributed by atoms with van der Waals surface area (Å²) in [6, 6.07) is 5.27. The summed E-state index contributed by atoms with van der Waals surface area (Å²) in [4.78, 5) is 18.7. The molecule has 7 heteroatoms. The second kappa shape index (κ2) is 7.76. The molecule has 138 valence electrons. The number of pyridine rings is 1. The number of hydrogen-bond acceptors (Lipinski definition) is 3. The molecule has 0 bridgehead atoms. The monoisotopic (exact) mass is 363 g/mol. The predicted molar refractivity (Wildman–Crippen MR) is 92.8 cm³/mol. The molecule has 1 atom stereocenters. The third kappa shape index (κ3) is 3.66. The molecule has 1 aliphatic rings. The highest BCUT2D eigenvalue weighted by atomic mass is 19.2. The van der Waals surface area contributed by atoms with E-state index < -0.39 is 17.5 Å². The van der Waals surface area contributed by atoms with E-state index in [1.54, 1.807) is 6.07 Å². The van der Waals surface area contributed by atoms with Crippen LogP contribution in [-0.2, 0) is 0 Å². The summed E-state index contributed by atoms with van der Waals surface area (Å²) in [7, 11) is 0. The Balaban J connectivity index is 1.74. The lowest BCUT2D eigenvalue weighted by Gasteiger charge is -2.35. The van der Waals surface area contributed by atoms with Crippen LogP contribution >= 0.6 is 0 Å². The molecule has 4 nitrogen and oxygen atoms in total. The quantitative estimate of drug-likeness (QED) is 0.805. The standard InChI is InChI=1S/C19H20F3N3O/c1-2-13-5-3-4-10-25(13)19(26)12-6-9-16(23-11-12)24-15-8-7-14(20)17(21)18(15)22/h6-9,11,13H,2-5,10H2,1H3,(H,23,24). The van der Waals surface area contributed by atoms with E-state index in [2.05, 4.69) is 17.2 Å². The Hall–Kier alpha value is -2.57. The van der Waals surface area contributed by atoms with Crippen LogP contribution in [-0.4, -0.2) is 28.4 Å². The summed E-state index contributed by atoms with van der Waals surface area (Å²) in [6.45, 7) is 2.80. The summed E-state index contributed by atoms with van der Waals surface area (Å²) in [5.74, 6) is -3.95. The molecule has 26 heavy (non-hydrogen) atoms. The van der Waals surface area contributed by atoms with Crippen molar-refractivity contribution < 1.29 is 18.0 Å². The maximum atomic E-state index is 13.7. The normalized spacial score (nSPS) is 17.2. The number of halogens is 3. The van der Waals surface area contributed by atoms with Crippen molar-refractivity contribution in [2.75, 3.05) is 11.9 Å². The molecule has 0 spiro atoms. The van der Waals surface area contributed by atoms with Crippen LogP contribution < -0.4 is 5.32 Å². The fraction of sp³-hybridized carbons (Fsp3) is 0.368. The first-order chi connectivity index (χ1) is 12.5. The molecule has 1 aliphatic heterocycles. The van der Waals surface area contributed by atoms with Gasteiger partial charge >= 0.3 is 0 Å². The zero-order chi connectivity index (χ0) is 18.7. The van der Waals surface area contributed by atoms with Crippen molar-refractivity contribution in [3.63, 3.8) is 0 Å². The molecule has 1 unspecified atom stereocenters. The number of amides is 1. The molecule has 0 saturated carbocycles. The van der Waals surface area contributed by atoms with Gasteiger partial charge in [-0.05, 0) is 49.9 Å². The van der Waals surface area contributed by atoms with Gasteiger partial charge in [0.05, 0.1) is 11.3 Å². The second-order valence-corrected chi connectivity index (χ2v) is 6.34. The number of aromatic nitrogens is 1. The number of carbonyl (C=O) groups excluding carboxylic acids is 1. The maximum absolute atomic E-state index is 13.7. The van der Waals surface area contributed by atoms with Crippen molar-refractivity contribution >= 4 is 17.4 Å². The molecule has 0 aliphatic carbocycles. The van der Waals surface area contributed by atoms with Crippen LogP contribution in [0.3, 0.4) is 0 Å². The van der Waals surface area contributed by atoms with Gasteiger partial charge in [-0.25, -0.2) is 18.2 Å². The number of rotatable bonds is 4. The Bertz CT molecular complexity index is 795. The number of hydrogen-bond donors (Lipinski definition) is 1. The van der Waals surface area contributed by atoms with Crippen molar-refractivity contribution in [2.45, 2.75) is 38.6 Å². The van der Waals surface area contributed by atoms with Crippen molar-refractivity contribution in [1.82, 2.24) is 9.88 Å². The van der Waals surface area contributed by atoms with Gasteiger partial charge in [0.15, 0.2) is 17.5 Å². The first-order valence-electron chi connectivity index (χ1n) is 8.68. The average Bonchev–Trinajstić information content (AvgIpc) is 2.68. The van der Waals surface area contributed by atoms with Crippen LogP contribution in [0, 0.1) is 17.5 Å². The van der Waals surface area contributed by atoms with Crippen LogP contribution in [0.15, 0.2) is 30.5 Å². The van der Waals surface area contributed by atoms with Crippen LogP contribution in [0.5, 0.6) is 0 Å². The average molecular weight is 363 g/mol. The van der Waals surface area contributed by atoms with Crippen molar-refractivity contribution in [2.24, 2.45) is 0 Å². The Kier molecular flexibility index (Phi) is 5.44. The highest BCUT2D eigenvalue weighted by Crippen LogP contribution is 2.24. The molecule has 1 amide bonds. The lowest BCUT2D eigenvalue weighted by atomic mass is 9.99. The fourth-order valence-electron chi connectivity index (χ4n) is 3.21. The summed E-state index contributed by atoms with van der Waals surface area (Å²) < 4.78 is 40.0. The second-order valence-electron chi connectivity index (χ2n) is 6.34. The molecule has 1 aromatic heterocycles. The minimum atomic E-state index is -1.54. The smallest absolute Gasteiger partial charge is 0.255 e. The third-order valence-corrected chi connectivity index (χ3v) is 4.67. The largest absolute Gasteiger partial charge is 0.338 e. The first kappa shape index (κ1) is 18.2. The SMILES string of the molecule is CCC1CCCCN1C(=O)c1ccc(Nc2ccc(F)c(F)c2F)nc1. The lowest BCUT2D eigenvalue weighted by Crippen LogP contribution is -2.43. The van der Waals surface area contributed by atoms with E-state index in [1.807, 2.05) is 4.90 Å². The molecule has 1 saturated heterocycles. The third-order valence-electron chi connectivity index (χ3n) is 4.67. The summed E-state index contributed by atoms with van der Waals surface area (Å²) >= 11 is 0. The number of nitrogens with zero attached hydrogens (tertiary/aromatic N) is 2. The zero-order valence-electron chi connectivity index (χ0n) is 14.4. The molecule has 1 N–H and O–H groups in total. The van der Waals surface area contributed by atoms with E-state index >= 15 is 0 Å². The molecule has 1 aromatic carbocycles. The summed E-state index contributed by atoms with van der Waals surface area (Å²) in [5, 5.41) is 2.59. The van der Waals surface area contributed by atoms with Gasteiger partial charge in [-0.2, -0.15) is 0 Å². The summed E-state index contributed by atoms with van der Waals surface area (Å²) in [5.41, 5.74) is 0.221. The van der Waals surface area contributed by atoms with Crippen molar-refractivity contribution in [1.29, 1.82) is 0 Å². The minimum absolute atomic E-state index is 0.0744. The number of carbonyl (C=O) groups is 1. The number of nitrogens with one attached hydrogen (secondary N) is 1. The van der Waals surface area contributed by atoms with Crippen LogP contribution in [0.25, 0.3) is 0 Å². The van der Waals surface area contributed by atoms with Gasteiger partial charge in [-0.15, -0.1) is 0 Å². The molecule has 2 heterocycles. The van der Waals surface area contributed by atoms with Crippen molar-refractivity contribution in [3.8, 4) is 0 Å². The Morgan fingerprint density at radius 3 is 2.69 bits per heavy atom. The van der Waals surface area contributed by atoms with Gasteiger partial charge in [0, 0.05) is 18.8 Å². The number of piperidine rings is 1. The first-order valence-corrected chi connectivity index (χ1v) is 8.68. The molecular weight excluding hydrogens is 343 g/mol. The Morgan fingerprint density at radius 2 is 2.00 bits per heavy atom. The van der Waals surface area contributed by atoms with Crippen LogP contribution in [0.1, 0.15) is 43.0 Å². The van der Waals surface area contributed by atoms with Crippen LogP contribution in [0.2, 0.25) is 0 Å². The minimum Gasteiger partial charge on any atom is -0.338 e. The van der Waals surface area contributed by atoms with Gasteiger partial charge in [0.1, 0.15) is 5.82 Å². The van der Waals surface area contributed by atoms with Gasteiger partial charge in [-0.3, -0.25) is 4.79 Å². The maximum Gasteiger partial charge on any atom is 0.255 e. The highest BCUT2D eigenvalue weighted by molar-refractivity contribution is 5.94. The highest BCUT2D eigenvalue weighted by Gasteiger charge is 2.26. The van der Waals surface area contributed by atoms with Gasteiger partial charge in [0.2, 0.25) is 0 Å². The van der Waals surface area contributed by atoms with E-state index in [0.717, 1.165) is 44.4 Å². The summed E-state index contributed by atoms with van der Waals surface area (Å²) in [6.07, 6.45) is 5.44. The molecule has 0 radical (unpaired) electrons. The van der Waals surface area contributed by atoms with E-state index in [0.29, 0.717) is 5.56 Å². The number of likely N-dealkylation sites (tertiary alicyclic amines) is 1. The van der Waals surface area contributed by atoms with E-state index in [9.17, 15) is 18.0 Å². The van der Waals surface area contributed by atoms with Crippen LogP contribution in [0.4, 0.5) is 24.7 Å². The fourth-order valence-corrected chi connectivity index (χ4v) is 3.21. The topological polar surface area (TPSA) is 45.2 Å². The van der Waals surface area contributed by atoms with Gasteiger partial charge in [0.25, 0.3) is 5.91 Å². The van der Waals surface area contributed by atoms with E-state index in [-0.39, 0.29) is 23.5 Å². The molecule has 1 fully saturated rings. The zero-order valence-corrected chi connectivity index (χ0v) is 14.4. The van der Waals surface area contributed by atoms with E-state index in [1.165, 1.54) is 12.3 Å². The van der Waals surface area contributed by atoms with E-state index in [4.69, 9.17) is 0 Å². The van der Waals surface area contributed by atoms with Gasteiger partial charge < -0.3 is 10.2 Å². The Morgan fingerprint density at radius 1 is 1.19 bits per heavy atom. The predicted octanol–water partition coefficient (Wildman–Crippen LogP) is 4.65. The van der Waals surface area contributed by atoms with Gasteiger partial charge in [-0.1, -0.05) is 6.92 Å². The number of benzene rings is 1. The molecule has 3 rings (SSSR count). The lowest BCUT2D eigenvalue weighted by molar-refractivity contribution is 0.0607.